The van der Waals surface area contributed by atoms with Gasteiger partial charge in [0.2, 0.25) is 5.95 Å². The van der Waals surface area contributed by atoms with Gasteiger partial charge in [0.05, 0.1) is 17.3 Å². The summed E-state index contributed by atoms with van der Waals surface area (Å²) >= 11 is 0. The Bertz CT molecular complexity index is 639. The maximum Gasteiger partial charge on any atom is 0.254 e. The van der Waals surface area contributed by atoms with Crippen molar-refractivity contribution >= 4 is 11.9 Å². The molecule has 22 heavy (non-hydrogen) atoms. The van der Waals surface area contributed by atoms with E-state index in [1.807, 2.05) is 39.8 Å². The van der Waals surface area contributed by atoms with Gasteiger partial charge in [0.25, 0.3) is 5.91 Å². The summed E-state index contributed by atoms with van der Waals surface area (Å²) < 4.78 is 0. The van der Waals surface area contributed by atoms with E-state index >= 15 is 0 Å². The van der Waals surface area contributed by atoms with Gasteiger partial charge < -0.3 is 10.6 Å². The molecule has 2 N–H and O–H groups in total. The first-order chi connectivity index (χ1) is 10.5. The van der Waals surface area contributed by atoms with E-state index in [0.717, 1.165) is 11.3 Å². The van der Waals surface area contributed by atoms with Gasteiger partial charge in [0.1, 0.15) is 0 Å². The lowest BCUT2D eigenvalue weighted by atomic mass is 10.1. The zero-order valence-electron chi connectivity index (χ0n) is 13.3. The number of carbonyl (C=O) groups excluding carboxylic acids is 1. The zero-order valence-corrected chi connectivity index (χ0v) is 13.3. The number of pyridine rings is 1. The van der Waals surface area contributed by atoms with Gasteiger partial charge in [-0.2, -0.15) is 0 Å². The number of hydrogen-bond donors (Lipinski definition) is 2. The number of carbonyl (C=O) groups is 1. The zero-order chi connectivity index (χ0) is 16.1. The van der Waals surface area contributed by atoms with Gasteiger partial charge in [0, 0.05) is 24.6 Å². The fraction of sp³-hybridized carbons (Fsp3) is 0.375. The molecule has 2 aromatic heterocycles. The molecule has 6 nitrogen and oxygen atoms in total. The fourth-order valence-corrected chi connectivity index (χ4v) is 2.08. The molecule has 0 saturated heterocycles. The largest absolute Gasteiger partial charge is 0.352 e. The van der Waals surface area contributed by atoms with Gasteiger partial charge >= 0.3 is 0 Å². The number of anilines is 1. The number of rotatable bonds is 5. The van der Waals surface area contributed by atoms with Crippen molar-refractivity contribution in [1.82, 2.24) is 20.3 Å². The minimum Gasteiger partial charge on any atom is -0.352 e. The molecule has 0 spiro atoms. The molecule has 2 aromatic rings. The molecular formula is C16H21N5O. The summed E-state index contributed by atoms with van der Waals surface area (Å²) in [4.78, 5) is 24.8. The standard InChI is InChI=1S/C16H21N5O/c1-10(2)20-16-18-8-13(9-19-16)15(22)21-12(4)14-11(3)6-5-7-17-14/h5-10,12H,1-4H3,(H,21,22)(H,18,19,20)/t12-/m0/s1. The van der Waals surface area contributed by atoms with Gasteiger partial charge in [-0.05, 0) is 39.3 Å². The van der Waals surface area contributed by atoms with Crippen molar-refractivity contribution in [2.75, 3.05) is 5.32 Å². The first-order valence-corrected chi connectivity index (χ1v) is 7.28. The molecule has 1 amide bonds. The Morgan fingerprint density at radius 3 is 2.41 bits per heavy atom. The number of hydrogen-bond acceptors (Lipinski definition) is 5. The van der Waals surface area contributed by atoms with Gasteiger partial charge in [-0.15, -0.1) is 0 Å². The lowest BCUT2D eigenvalue weighted by Crippen LogP contribution is -2.28. The van der Waals surface area contributed by atoms with Crippen LogP contribution in [0.5, 0.6) is 0 Å². The summed E-state index contributed by atoms with van der Waals surface area (Å²) in [6.07, 6.45) is 4.76. The van der Waals surface area contributed by atoms with E-state index in [1.54, 1.807) is 6.20 Å². The van der Waals surface area contributed by atoms with Crippen molar-refractivity contribution < 1.29 is 4.79 Å². The number of aromatic nitrogens is 3. The van der Waals surface area contributed by atoms with Crippen LogP contribution in [0, 0.1) is 6.92 Å². The average molecular weight is 299 g/mol. The Balaban J connectivity index is 2.04. The normalized spacial score (nSPS) is 12.0. The summed E-state index contributed by atoms with van der Waals surface area (Å²) in [6, 6.07) is 3.91. The van der Waals surface area contributed by atoms with E-state index in [2.05, 4.69) is 25.6 Å². The third-order valence-corrected chi connectivity index (χ3v) is 3.14. The number of aryl methyl sites for hydroxylation is 1. The van der Waals surface area contributed by atoms with Crippen LogP contribution in [0.2, 0.25) is 0 Å². The Kier molecular flexibility index (Phi) is 5.04. The molecule has 2 heterocycles. The highest BCUT2D eigenvalue weighted by atomic mass is 16.1. The minimum atomic E-state index is -0.214. The Labute approximate surface area is 130 Å². The second kappa shape index (κ2) is 6.98. The van der Waals surface area contributed by atoms with E-state index in [1.165, 1.54) is 12.4 Å². The molecule has 0 bridgehead atoms. The SMILES string of the molecule is Cc1cccnc1[C@H](C)NC(=O)c1cnc(NC(C)C)nc1. The van der Waals surface area contributed by atoms with E-state index < -0.39 is 0 Å². The van der Waals surface area contributed by atoms with Gasteiger partial charge in [-0.1, -0.05) is 6.07 Å². The second-order valence-corrected chi connectivity index (χ2v) is 5.50. The van der Waals surface area contributed by atoms with Crippen molar-refractivity contribution in [3.8, 4) is 0 Å². The smallest absolute Gasteiger partial charge is 0.254 e. The van der Waals surface area contributed by atoms with Crippen molar-refractivity contribution in [1.29, 1.82) is 0 Å². The van der Waals surface area contributed by atoms with Gasteiger partial charge in [-0.3, -0.25) is 9.78 Å². The molecule has 0 radical (unpaired) electrons. The predicted molar refractivity (Wildman–Crippen MR) is 85.6 cm³/mol. The summed E-state index contributed by atoms with van der Waals surface area (Å²) in [7, 11) is 0. The fourth-order valence-electron chi connectivity index (χ4n) is 2.08. The first-order valence-electron chi connectivity index (χ1n) is 7.28. The van der Waals surface area contributed by atoms with Crippen LogP contribution in [0.25, 0.3) is 0 Å². The molecule has 0 fully saturated rings. The first kappa shape index (κ1) is 15.9. The van der Waals surface area contributed by atoms with E-state index in [9.17, 15) is 4.79 Å². The Morgan fingerprint density at radius 2 is 1.82 bits per heavy atom. The molecule has 0 unspecified atom stereocenters. The monoisotopic (exact) mass is 299 g/mol. The molecule has 0 aliphatic carbocycles. The molecule has 116 valence electrons. The number of nitrogens with zero attached hydrogens (tertiary/aromatic N) is 3. The third kappa shape index (κ3) is 4.00. The maximum atomic E-state index is 12.2. The summed E-state index contributed by atoms with van der Waals surface area (Å²) in [5, 5.41) is 5.99. The van der Waals surface area contributed by atoms with Crippen LogP contribution >= 0.6 is 0 Å². The molecule has 6 heteroatoms. The molecule has 0 saturated carbocycles. The number of amides is 1. The van der Waals surface area contributed by atoms with Crippen LogP contribution in [-0.2, 0) is 0 Å². The minimum absolute atomic E-state index is 0.179. The molecule has 0 aromatic carbocycles. The van der Waals surface area contributed by atoms with E-state index in [0.29, 0.717) is 11.5 Å². The highest BCUT2D eigenvalue weighted by molar-refractivity contribution is 5.93. The van der Waals surface area contributed by atoms with Crippen LogP contribution in [-0.4, -0.2) is 26.9 Å². The average Bonchev–Trinajstić information content (AvgIpc) is 2.47. The van der Waals surface area contributed by atoms with Crippen LogP contribution in [0.15, 0.2) is 30.7 Å². The van der Waals surface area contributed by atoms with Crippen molar-refractivity contribution in [3.63, 3.8) is 0 Å². The molecule has 2 rings (SSSR count). The van der Waals surface area contributed by atoms with Gasteiger partial charge in [0.15, 0.2) is 0 Å². The van der Waals surface area contributed by atoms with Crippen LogP contribution in [0.4, 0.5) is 5.95 Å². The quantitative estimate of drug-likeness (QED) is 0.886. The highest BCUT2D eigenvalue weighted by Gasteiger charge is 2.14. The summed E-state index contributed by atoms with van der Waals surface area (Å²) in [5.74, 6) is 0.300. The van der Waals surface area contributed by atoms with Crippen molar-refractivity contribution in [3.05, 3.63) is 47.5 Å². The van der Waals surface area contributed by atoms with Crippen LogP contribution in [0.3, 0.4) is 0 Å². The summed E-state index contributed by atoms with van der Waals surface area (Å²) in [5.41, 5.74) is 2.33. The Hall–Kier alpha value is -2.50. The lowest BCUT2D eigenvalue weighted by molar-refractivity contribution is 0.0938. The second-order valence-electron chi connectivity index (χ2n) is 5.50. The molecular weight excluding hydrogens is 278 g/mol. The Morgan fingerprint density at radius 1 is 1.14 bits per heavy atom. The molecule has 0 aliphatic heterocycles. The molecule has 1 atom stereocenters. The van der Waals surface area contributed by atoms with E-state index in [-0.39, 0.29) is 18.0 Å². The maximum absolute atomic E-state index is 12.2. The summed E-state index contributed by atoms with van der Waals surface area (Å²) in [6.45, 7) is 7.88. The third-order valence-electron chi connectivity index (χ3n) is 3.14. The van der Waals surface area contributed by atoms with Gasteiger partial charge in [-0.25, -0.2) is 9.97 Å². The highest BCUT2D eigenvalue weighted by Crippen LogP contribution is 2.14. The molecule has 0 aliphatic rings. The van der Waals surface area contributed by atoms with Crippen LogP contribution < -0.4 is 10.6 Å². The van der Waals surface area contributed by atoms with E-state index in [4.69, 9.17) is 0 Å². The topological polar surface area (TPSA) is 79.8 Å². The van der Waals surface area contributed by atoms with Crippen molar-refractivity contribution in [2.45, 2.75) is 39.8 Å². The van der Waals surface area contributed by atoms with Crippen molar-refractivity contribution in [2.24, 2.45) is 0 Å². The predicted octanol–water partition coefficient (Wildman–Crippen LogP) is 2.49. The van der Waals surface area contributed by atoms with Crippen LogP contribution in [0.1, 0.15) is 48.4 Å². The lowest BCUT2D eigenvalue weighted by Gasteiger charge is -2.15. The number of nitrogens with one attached hydrogen (secondary N) is 2.